The Balaban J connectivity index is 1.87. The second kappa shape index (κ2) is 9.50. The fraction of sp³-hybridized carbons (Fsp3) is 0.375. The molecule has 0 saturated carbocycles. The van der Waals surface area contributed by atoms with E-state index in [1.165, 1.54) is 6.20 Å². The van der Waals surface area contributed by atoms with Gasteiger partial charge in [0.05, 0.1) is 38.8 Å². The van der Waals surface area contributed by atoms with Crippen molar-refractivity contribution in [1.29, 1.82) is 0 Å². The van der Waals surface area contributed by atoms with E-state index < -0.39 is 11.4 Å². The van der Waals surface area contributed by atoms with Crippen LogP contribution >= 0.6 is 0 Å². The molecular formula is C24H27N3O6. The molecule has 2 aromatic heterocycles. The number of pyridine rings is 2. The lowest BCUT2D eigenvalue weighted by molar-refractivity contribution is 0.0695. The van der Waals surface area contributed by atoms with Crippen LogP contribution in [0.5, 0.6) is 11.5 Å². The van der Waals surface area contributed by atoms with E-state index in [0.717, 1.165) is 31.4 Å². The number of hydrogen-bond acceptors (Lipinski definition) is 7. The minimum absolute atomic E-state index is 0.0214. The molecular weight excluding hydrogens is 426 g/mol. The summed E-state index contributed by atoms with van der Waals surface area (Å²) in [4.78, 5) is 31.4. The molecule has 1 unspecified atom stereocenters. The summed E-state index contributed by atoms with van der Waals surface area (Å²) >= 11 is 0. The van der Waals surface area contributed by atoms with Gasteiger partial charge >= 0.3 is 5.97 Å². The number of carbonyl (C=O) groups is 1. The third kappa shape index (κ3) is 4.36. The molecule has 0 amide bonds. The molecule has 2 N–H and O–H groups in total. The van der Waals surface area contributed by atoms with Crippen molar-refractivity contribution in [3.8, 4) is 11.5 Å². The molecule has 0 spiro atoms. The van der Waals surface area contributed by atoms with E-state index in [9.17, 15) is 19.8 Å². The Morgan fingerprint density at radius 1 is 1.18 bits per heavy atom. The Kier molecular flexibility index (Phi) is 6.50. The fourth-order valence-corrected chi connectivity index (χ4v) is 4.35. The van der Waals surface area contributed by atoms with E-state index in [4.69, 9.17) is 14.5 Å². The molecule has 0 aliphatic carbocycles. The molecule has 9 nitrogen and oxygen atoms in total. The number of rotatable bonds is 7. The Morgan fingerprint density at radius 3 is 2.70 bits per heavy atom. The molecule has 9 heteroatoms. The van der Waals surface area contributed by atoms with Crippen molar-refractivity contribution >= 4 is 22.8 Å². The van der Waals surface area contributed by atoms with Crippen molar-refractivity contribution in [2.45, 2.75) is 31.8 Å². The number of aromatic carboxylic acids is 1. The Bertz CT molecular complexity index is 1240. The summed E-state index contributed by atoms with van der Waals surface area (Å²) < 4.78 is 12.4. The van der Waals surface area contributed by atoms with E-state index >= 15 is 0 Å². The van der Waals surface area contributed by atoms with Crippen LogP contribution < -0.4 is 19.8 Å². The summed E-state index contributed by atoms with van der Waals surface area (Å²) in [5.41, 5.74) is 0.253. The van der Waals surface area contributed by atoms with Gasteiger partial charge < -0.3 is 29.2 Å². The van der Waals surface area contributed by atoms with Crippen molar-refractivity contribution in [3.63, 3.8) is 0 Å². The molecule has 1 aromatic carbocycles. The summed E-state index contributed by atoms with van der Waals surface area (Å²) in [7, 11) is 3.11. The van der Waals surface area contributed by atoms with Gasteiger partial charge in [-0.15, -0.1) is 0 Å². The minimum Gasteiger partial charge on any atom is -0.497 e. The standard InChI is InChI=1S/C24H27N3O6/c1-32-17-7-6-15(20(11-17)33-2)12-26-13-19(24(30)31)22(29)18-8-9-21(25-23(18)26)27-10-4-3-5-16(27)14-28/h6-9,11,13,16,28H,3-5,10,12,14H2,1-2H3,(H,30,31). The van der Waals surface area contributed by atoms with Crippen LogP contribution in [0, 0.1) is 0 Å². The number of aromatic nitrogens is 2. The molecule has 1 atom stereocenters. The van der Waals surface area contributed by atoms with Crippen LogP contribution in [-0.4, -0.2) is 59.1 Å². The van der Waals surface area contributed by atoms with Crippen LogP contribution in [0.25, 0.3) is 11.0 Å². The first-order valence-electron chi connectivity index (χ1n) is 10.8. The summed E-state index contributed by atoms with van der Waals surface area (Å²) in [5, 5.41) is 19.6. The molecule has 0 radical (unpaired) electrons. The van der Waals surface area contributed by atoms with E-state index in [0.29, 0.717) is 23.0 Å². The maximum absolute atomic E-state index is 12.9. The van der Waals surface area contributed by atoms with Crippen LogP contribution in [0.2, 0.25) is 0 Å². The van der Waals surface area contributed by atoms with Crippen LogP contribution in [0.3, 0.4) is 0 Å². The van der Waals surface area contributed by atoms with E-state index in [1.54, 1.807) is 43.1 Å². The largest absolute Gasteiger partial charge is 0.497 e. The van der Waals surface area contributed by atoms with E-state index in [1.807, 2.05) is 6.07 Å². The third-order valence-electron chi connectivity index (χ3n) is 6.10. The summed E-state index contributed by atoms with van der Waals surface area (Å²) in [6, 6.07) is 8.68. The second-order valence-electron chi connectivity index (χ2n) is 8.05. The Labute approximate surface area is 190 Å². The lowest BCUT2D eigenvalue weighted by Gasteiger charge is -2.35. The number of methoxy groups -OCH3 is 2. The fourth-order valence-electron chi connectivity index (χ4n) is 4.35. The highest BCUT2D eigenvalue weighted by atomic mass is 16.5. The molecule has 1 aliphatic rings. The monoisotopic (exact) mass is 453 g/mol. The molecule has 33 heavy (non-hydrogen) atoms. The molecule has 1 fully saturated rings. The first-order valence-corrected chi connectivity index (χ1v) is 10.8. The summed E-state index contributed by atoms with van der Waals surface area (Å²) in [6.07, 6.45) is 4.22. The van der Waals surface area contributed by atoms with Crippen LogP contribution in [0.15, 0.2) is 41.3 Å². The second-order valence-corrected chi connectivity index (χ2v) is 8.05. The lowest BCUT2D eigenvalue weighted by Crippen LogP contribution is -2.42. The number of nitrogens with zero attached hydrogens (tertiary/aromatic N) is 3. The molecule has 1 saturated heterocycles. The number of carboxylic acid groups (broad SMARTS) is 1. The number of piperidine rings is 1. The molecule has 3 heterocycles. The van der Waals surface area contributed by atoms with Gasteiger partial charge in [0.2, 0.25) is 5.43 Å². The normalized spacial score (nSPS) is 16.1. The predicted molar refractivity (Wildman–Crippen MR) is 124 cm³/mol. The number of hydrogen-bond donors (Lipinski definition) is 2. The van der Waals surface area contributed by atoms with Gasteiger partial charge in [0.15, 0.2) is 0 Å². The zero-order valence-electron chi connectivity index (χ0n) is 18.7. The number of ether oxygens (including phenoxy) is 2. The SMILES string of the molecule is COc1ccc(Cn2cc(C(=O)O)c(=O)c3ccc(N4CCCCC4CO)nc32)c(OC)c1. The minimum atomic E-state index is -1.29. The Hall–Kier alpha value is -3.59. The van der Waals surface area contributed by atoms with Gasteiger partial charge in [0, 0.05) is 24.4 Å². The van der Waals surface area contributed by atoms with Crippen molar-refractivity contribution in [2.24, 2.45) is 0 Å². The van der Waals surface area contributed by atoms with Crippen molar-refractivity contribution in [2.75, 3.05) is 32.3 Å². The topological polar surface area (TPSA) is 114 Å². The van der Waals surface area contributed by atoms with Crippen LogP contribution in [0.4, 0.5) is 5.82 Å². The molecule has 174 valence electrons. The quantitative estimate of drug-likeness (QED) is 0.561. The van der Waals surface area contributed by atoms with E-state index in [-0.39, 0.29) is 30.1 Å². The van der Waals surface area contributed by atoms with Gasteiger partial charge in [-0.1, -0.05) is 0 Å². The smallest absolute Gasteiger partial charge is 0.341 e. The third-order valence-corrected chi connectivity index (χ3v) is 6.10. The number of anilines is 1. The maximum atomic E-state index is 12.9. The van der Waals surface area contributed by atoms with Crippen molar-refractivity contribution < 1.29 is 24.5 Å². The van der Waals surface area contributed by atoms with Crippen LogP contribution in [0.1, 0.15) is 35.2 Å². The average molecular weight is 453 g/mol. The van der Waals surface area contributed by atoms with Gasteiger partial charge in [0.1, 0.15) is 28.5 Å². The molecule has 4 rings (SSSR count). The van der Waals surface area contributed by atoms with Gasteiger partial charge in [-0.05, 0) is 43.5 Å². The first kappa shape index (κ1) is 22.6. The molecule has 0 bridgehead atoms. The zero-order valence-corrected chi connectivity index (χ0v) is 18.7. The van der Waals surface area contributed by atoms with E-state index in [2.05, 4.69) is 4.90 Å². The summed E-state index contributed by atoms with van der Waals surface area (Å²) in [5.74, 6) is 0.565. The maximum Gasteiger partial charge on any atom is 0.341 e. The molecule has 3 aromatic rings. The lowest BCUT2D eigenvalue weighted by atomic mass is 10.0. The van der Waals surface area contributed by atoms with Crippen molar-refractivity contribution in [3.05, 3.63) is 57.9 Å². The summed E-state index contributed by atoms with van der Waals surface area (Å²) in [6.45, 7) is 1.02. The number of benzene rings is 1. The average Bonchev–Trinajstić information content (AvgIpc) is 2.85. The highest BCUT2D eigenvalue weighted by molar-refractivity contribution is 5.92. The predicted octanol–water partition coefficient (Wildman–Crippen LogP) is 2.51. The van der Waals surface area contributed by atoms with Gasteiger partial charge in [-0.25, -0.2) is 9.78 Å². The number of aliphatic hydroxyl groups is 1. The van der Waals surface area contributed by atoms with Crippen LogP contribution in [-0.2, 0) is 6.54 Å². The molecule has 1 aliphatic heterocycles. The zero-order chi connectivity index (χ0) is 23.5. The van der Waals surface area contributed by atoms with Gasteiger partial charge in [-0.2, -0.15) is 0 Å². The number of fused-ring (bicyclic) bond motifs is 1. The highest BCUT2D eigenvalue weighted by Gasteiger charge is 2.24. The first-order chi connectivity index (χ1) is 16.0. The number of carboxylic acids is 1. The number of aliphatic hydroxyl groups excluding tert-OH is 1. The highest BCUT2D eigenvalue weighted by Crippen LogP contribution is 2.28. The van der Waals surface area contributed by atoms with Gasteiger partial charge in [-0.3, -0.25) is 4.79 Å². The van der Waals surface area contributed by atoms with Gasteiger partial charge in [0.25, 0.3) is 0 Å². The van der Waals surface area contributed by atoms with Crippen molar-refractivity contribution in [1.82, 2.24) is 9.55 Å². The Morgan fingerprint density at radius 2 is 2.00 bits per heavy atom.